The molecule has 2 heterocycles. The second kappa shape index (κ2) is 3.58. The van der Waals surface area contributed by atoms with Crippen LogP contribution in [-0.4, -0.2) is 14.5 Å². The SMILES string of the molecule is CCn1c(CCl)nc2cc(C)cnc21. The number of aromatic nitrogens is 3. The van der Waals surface area contributed by atoms with Crippen LogP contribution in [0.3, 0.4) is 0 Å². The molecular weight excluding hydrogens is 198 g/mol. The van der Waals surface area contributed by atoms with E-state index in [0.717, 1.165) is 29.1 Å². The molecule has 0 aliphatic heterocycles. The number of hydrogen-bond donors (Lipinski definition) is 0. The molecule has 2 rings (SSSR count). The summed E-state index contributed by atoms with van der Waals surface area (Å²) in [6.07, 6.45) is 1.86. The molecule has 0 atom stereocenters. The van der Waals surface area contributed by atoms with Gasteiger partial charge in [-0.1, -0.05) is 0 Å². The molecule has 0 aliphatic rings. The fourth-order valence-corrected chi connectivity index (χ4v) is 1.80. The van der Waals surface area contributed by atoms with Crippen LogP contribution >= 0.6 is 11.6 Å². The molecule has 0 bridgehead atoms. The number of fused-ring (bicyclic) bond motifs is 1. The van der Waals surface area contributed by atoms with Gasteiger partial charge in [-0.2, -0.15) is 0 Å². The van der Waals surface area contributed by atoms with Crippen molar-refractivity contribution < 1.29 is 0 Å². The van der Waals surface area contributed by atoms with Crippen molar-refractivity contribution >= 4 is 22.8 Å². The third kappa shape index (κ3) is 1.38. The van der Waals surface area contributed by atoms with Gasteiger partial charge in [0, 0.05) is 12.7 Å². The minimum absolute atomic E-state index is 0.434. The summed E-state index contributed by atoms with van der Waals surface area (Å²) in [5, 5.41) is 0. The first-order chi connectivity index (χ1) is 6.76. The molecular formula is C10H12ClN3. The molecule has 0 amide bonds. The molecule has 2 aromatic rings. The second-order valence-electron chi connectivity index (χ2n) is 3.26. The molecule has 0 aromatic carbocycles. The summed E-state index contributed by atoms with van der Waals surface area (Å²) in [6.45, 7) is 4.94. The van der Waals surface area contributed by atoms with E-state index >= 15 is 0 Å². The summed E-state index contributed by atoms with van der Waals surface area (Å²) in [4.78, 5) is 8.79. The Morgan fingerprint density at radius 2 is 2.29 bits per heavy atom. The van der Waals surface area contributed by atoms with Gasteiger partial charge in [-0.05, 0) is 25.5 Å². The summed E-state index contributed by atoms with van der Waals surface area (Å²) in [7, 11) is 0. The third-order valence-corrected chi connectivity index (χ3v) is 2.48. The van der Waals surface area contributed by atoms with E-state index in [1.165, 1.54) is 0 Å². The van der Waals surface area contributed by atoms with E-state index in [2.05, 4.69) is 16.9 Å². The van der Waals surface area contributed by atoms with E-state index in [4.69, 9.17) is 11.6 Å². The Kier molecular flexibility index (Phi) is 2.42. The normalized spacial score (nSPS) is 11.1. The summed E-state index contributed by atoms with van der Waals surface area (Å²) in [5.74, 6) is 1.32. The Labute approximate surface area is 87.7 Å². The highest BCUT2D eigenvalue weighted by Crippen LogP contribution is 2.16. The lowest BCUT2D eigenvalue weighted by atomic mass is 10.3. The van der Waals surface area contributed by atoms with Crippen LogP contribution in [-0.2, 0) is 12.4 Å². The quantitative estimate of drug-likeness (QED) is 0.712. The first kappa shape index (κ1) is 9.46. The van der Waals surface area contributed by atoms with Crippen molar-refractivity contribution in [1.82, 2.24) is 14.5 Å². The molecule has 74 valence electrons. The largest absolute Gasteiger partial charge is 0.312 e. The van der Waals surface area contributed by atoms with Crippen molar-refractivity contribution in [3.8, 4) is 0 Å². The van der Waals surface area contributed by atoms with Gasteiger partial charge in [-0.3, -0.25) is 0 Å². The van der Waals surface area contributed by atoms with Crippen molar-refractivity contribution in [3.63, 3.8) is 0 Å². The first-order valence-electron chi connectivity index (χ1n) is 4.64. The molecule has 3 nitrogen and oxygen atoms in total. The highest BCUT2D eigenvalue weighted by atomic mass is 35.5. The molecule has 0 saturated carbocycles. The van der Waals surface area contributed by atoms with E-state index in [-0.39, 0.29) is 0 Å². The van der Waals surface area contributed by atoms with Crippen LogP contribution in [0.2, 0.25) is 0 Å². The predicted octanol–water partition coefficient (Wildman–Crippen LogP) is 2.50. The van der Waals surface area contributed by atoms with Gasteiger partial charge in [0.25, 0.3) is 0 Å². The van der Waals surface area contributed by atoms with Gasteiger partial charge in [0.15, 0.2) is 5.65 Å². The maximum Gasteiger partial charge on any atom is 0.160 e. The average molecular weight is 210 g/mol. The molecule has 0 saturated heterocycles. The highest BCUT2D eigenvalue weighted by Gasteiger charge is 2.08. The van der Waals surface area contributed by atoms with E-state index in [9.17, 15) is 0 Å². The third-order valence-electron chi connectivity index (χ3n) is 2.24. The molecule has 0 fully saturated rings. The van der Waals surface area contributed by atoms with Crippen molar-refractivity contribution in [1.29, 1.82) is 0 Å². The van der Waals surface area contributed by atoms with Gasteiger partial charge in [0.2, 0.25) is 0 Å². The van der Waals surface area contributed by atoms with Crippen LogP contribution in [0, 0.1) is 6.92 Å². The van der Waals surface area contributed by atoms with Crippen LogP contribution < -0.4 is 0 Å². The lowest BCUT2D eigenvalue weighted by Gasteiger charge is -2.01. The Morgan fingerprint density at radius 1 is 1.50 bits per heavy atom. The van der Waals surface area contributed by atoms with Crippen molar-refractivity contribution in [3.05, 3.63) is 23.7 Å². The van der Waals surface area contributed by atoms with Crippen LogP contribution in [0.4, 0.5) is 0 Å². The monoisotopic (exact) mass is 209 g/mol. The number of halogens is 1. The molecule has 0 radical (unpaired) electrons. The molecule has 14 heavy (non-hydrogen) atoms. The highest BCUT2D eigenvalue weighted by molar-refractivity contribution is 6.16. The van der Waals surface area contributed by atoms with E-state index in [1.54, 1.807) is 0 Å². The minimum atomic E-state index is 0.434. The number of nitrogens with zero attached hydrogens (tertiary/aromatic N) is 3. The van der Waals surface area contributed by atoms with Crippen molar-refractivity contribution in [2.24, 2.45) is 0 Å². The van der Waals surface area contributed by atoms with Gasteiger partial charge in [0.05, 0.1) is 5.88 Å². The number of rotatable bonds is 2. The summed E-state index contributed by atoms with van der Waals surface area (Å²) in [6, 6.07) is 2.03. The maximum atomic E-state index is 5.81. The van der Waals surface area contributed by atoms with Crippen LogP contribution in [0.1, 0.15) is 18.3 Å². The zero-order chi connectivity index (χ0) is 10.1. The van der Waals surface area contributed by atoms with E-state index in [0.29, 0.717) is 5.88 Å². The van der Waals surface area contributed by atoms with Crippen LogP contribution in [0.25, 0.3) is 11.2 Å². The number of pyridine rings is 1. The van der Waals surface area contributed by atoms with Crippen LogP contribution in [0.5, 0.6) is 0 Å². The summed E-state index contributed by atoms with van der Waals surface area (Å²) in [5.41, 5.74) is 2.98. The molecule has 4 heteroatoms. The average Bonchev–Trinajstić information content (AvgIpc) is 2.54. The lowest BCUT2D eigenvalue weighted by Crippen LogP contribution is -2.00. The van der Waals surface area contributed by atoms with Gasteiger partial charge in [0.1, 0.15) is 11.3 Å². The Morgan fingerprint density at radius 3 is 2.93 bits per heavy atom. The Balaban J connectivity index is 2.73. The van der Waals surface area contributed by atoms with E-state index in [1.807, 2.05) is 23.8 Å². The smallest absolute Gasteiger partial charge is 0.160 e. The summed E-state index contributed by atoms with van der Waals surface area (Å²) >= 11 is 5.81. The van der Waals surface area contributed by atoms with Gasteiger partial charge in [-0.15, -0.1) is 11.6 Å². The fourth-order valence-electron chi connectivity index (χ4n) is 1.59. The number of alkyl halides is 1. The van der Waals surface area contributed by atoms with E-state index < -0.39 is 0 Å². The van der Waals surface area contributed by atoms with Crippen molar-refractivity contribution in [2.75, 3.05) is 0 Å². The van der Waals surface area contributed by atoms with Crippen molar-refractivity contribution in [2.45, 2.75) is 26.3 Å². The zero-order valence-corrected chi connectivity index (χ0v) is 9.04. The topological polar surface area (TPSA) is 30.7 Å². The first-order valence-corrected chi connectivity index (χ1v) is 5.17. The number of imidazole rings is 1. The summed E-state index contributed by atoms with van der Waals surface area (Å²) < 4.78 is 2.04. The second-order valence-corrected chi connectivity index (χ2v) is 3.53. The van der Waals surface area contributed by atoms with Gasteiger partial charge in [-0.25, -0.2) is 9.97 Å². The minimum Gasteiger partial charge on any atom is -0.312 e. The standard InChI is InChI=1S/C10H12ClN3/c1-3-14-9(5-11)13-8-4-7(2)6-12-10(8)14/h4,6H,3,5H2,1-2H3. The number of aryl methyl sites for hydroxylation is 2. The Bertz CT molecular complexity index is 462. The molecule has 0 N–H and O–H groups in total. The maximum absolute atomic E-state index is 5.81. The Hall–Kier alpha value is -1.09. The molecule has 2 aromatic heterocycles. The fraction of sp³-hybridized carbons (Fsp3) is 0.400. The van der Waals surface area contributed by atoms with Gasteiger partial charge >= 0.3 is 0 Å². The lowest BCUT2D eigenvalue weighted by molar-refractivity contribution is 0.739. The number of hydrogen-bond acceptors (Lipinski definition) is 2. The molecule has 0 aliphatic carbocycles. The van der Waals surface area contributed by atoms with Crippen LogP contribution in [0.15, 0.2) is 12.3 Å². The zero-order valence-electron chi connectivity index (χ0n) is 8.29. The molecule has 0 unspecified atom stereocenters. The predicted molar refractivity (Wildman–Crippen MR) is 57.5 cm³/mol. The van der Waals surface area contributed by atoms with Gasteiger partial charge < -0.3 is 4.57 Å². The molecule has 0 spiro atoms.